The zero-order chi connectivity index (χ0) is 20.1. The highest BCUT2D eigenvalue weighted by molar-refractivity contribution is 5.84. The molecule has 0 spiro atoms. The number of aliphatic carboxylic acids is 1. The van der Waals surface area contributed by atoms with Gasteiger partial charge in [0.15, 0.2) is 6.61 Å². The first-order chi connectivity index (χ1) is 12.9. The summed E-state index contributed by atoms with van der Waals surface area (Å²) >= 11 is 0. The Bertz CT molecular complexity index is 559. The van der Waals surface area contributed by atoms with Crippen LogP contribution in [0.4, 0.5) is 0 Å². The Balaban J connectivity index is 0.000000511. The summed E-state index contributed by atoms with van der Waals surface area (Å²) in [6, 6.07) is 6.38. The molecule has 27 heavy (non-hydrogen) atoms. The van der Waals surface area contributed by atoms with Gasteiger partial charge in [-0.25, -0.2) is 4.79 Å². The predicted octanol–water partition coefficient (Wildman–Crippen LogP) is 0.413. The molecule has 1 saturated heterocycles. The minimum absolute atomic E-state index is 0.0648. The van der Waals surface area contributed by atoms with E-state index >= 15 is 0 Å². The van der Waals surface area contributed by atoms with Gasteiger partial charge in [-0.15, -0.1) is 0 Å². The maximum Gasteiger partial charge on any atom is 0.326 e. The van der Waals surface area contributed by atoms with E-state index in [2.05, 4.69) is 10.6 Å². The lowest BCUT2D eigenvalue weighted by Gasteiger charge is -2.14. The second kappa shape index (κ2) is 13.1. The Morgan fingerprint density at radius 2 is 2.04 bits per heavy atom. The molecule has 1 heterocycles. The summed E-state index contributed by atoms with van der Waals surface area (Å²) < 4.78 is 5.30. The van der Waals surface area contributed by atoms with E-state index in [9.17, 15) is 9.59 Å². The van der Waals surface area contributed by atoms with Crippen molar-refractivity contribution in [2.24, 2.45) is 5.73 Å². The van der Waals surface area contributed by atoms with Crippen LogP contribution >= 0.6 is 0 Å². The van der Waals surface area contributed by atoms with Crippen LogP contribution < -0.4 is 21.1 Å². The summed E-state index contributed by atoms with van der Waals surface area (Å²) in [5, 5.41) is 23.2. The number of aliphatic hydroxyl groups excluding tert-OH is 1. The molecule has 1 aliphatic heterocycles. The minimum atomic E-state index is -1.05. The van der Waals surface area contributed by atoms with Crippen LogP contribution in [0, 0.1) is 6.92 Å². The van der Waals surface area contributed by atoms with Crippen LogP contribution in [0.15, 0.2) is 24.3 Å². The molecule has 2 rings (SSSR count). The Morgan fingerprint density at radius 3 is 2.52 bits per heavy atom. The number of amides is 1. The van der Waals surface area contributed by atoms with E-state index in [1.54, 1.807) is 12.1 Å². The van der Waals surface area contributed by atoms with Crippen molar-refractivity contribution in [2.45, 2.75) is 44.8 Å². The second-order valence-electron chi connectivity index (χ2n) is 6.49. The maximum absolute atomic E-state index is 11.7. The third-order valence-electron chi connectivity index (χ3n) is 4.01. The molecule has 6 N–H and O–H groups in total. The first kappa shape index (κ1) is 22.9. The fraction of sp³-hybridized carbons (Fsp3) is 0.579. The number of aryl methyl sites for hydroxylation is 1. The molecule has 0 bridgehead atoms. The zero-order valence-electron chi connectivity index (χ0n) is 15.8. The molecule has 8 heteroatoms. The van der Waals surface area contributed by atoms with E-state index in [1.807, 2.05) is 19.1 Å². The largest absolute Gasteiger partial charge is 0.484 e. The van der Waals surface area contributed by atoms with E-state index in [4.69, 9.17) is 20.7 Å². The minimum Gasteiger partial charge on any atom is -0.484 e. The van der Waals surface area contributed by atoms with E-state index in [0.29, 0.717) is 25.1 Å². The van der Waals surface area contributed by atoms with E-state index in [0.717, 1.165) is 31.5 Å². The lowest BCUT2D eigenvalue weighted by atomic mass is 10.1. The number of carboxylic acids is 1. The van der Waals surface area contributed by atoms with Crippen molar-refractivity contribution >= 4 is 11.9 Å². The predicted molar refractivity (Wildman–Crippen MR) is 103 cm³/mol. The number of nitrogens with one attached hydrogen (secondary N) is 2. The highest BCUT2D eigenvalue weighted by Crippen LogP contribution is 2.11. The molecular formula is C19H31N3O5. The molecule has 0 aliphatic carbocycles. The van der Waals surface area contributed by atoms with Crippen LogP contribution in [0.5, 0.6) is 5.75 Å². The fourth-order valence-corrected chi connectivity index (χ4v) is 2.41. The van der Waals surface area contributed by atoms with Gasteiger partial charge in [0.1, 0.15) is 11.8 Å². The SMILES string of the molecule is Cc1ccc(OCC(=O)NC(CCCCN)C(=O)O)cc1.OC1CCNC1. The number of nitrogens with two attached hydrogens (primary N) is 1. The van der Waals surface area contributed by atoms with Crippen molar-refractivity contribution in [3.63, 3.8) is 0 Å². The number of carbonyl (C=O) groups is 2. The normalized spacial score (nSPS) is 16.8. The van der Waals surface area contributed by atoms with Gasteiger partial charge in [0, 0.05) is 6.54 Å². The van der Waals surface area contributed by atoms with Gasteiger partial charge in [0.2, 0.25) is 0 Å². The number of carbonyl (C=O) groups excluding carboxylic acids is 1. The number of β-amino-alcohol motifs (C(OH)–C–C–N with tert-alkyl or cyclic N) is 1. The second-order valence-corrected chi connectivity index (χ2v) is 6.49. The van der Waals surface area contributed by atoms with Gasteiger partial charge in [-0.05, 0) is 57.8 Å². The highest BCUT2D eigenvalue weighted by atomic mass is 16.5. The summed E-state index contributed by atoms with van der Waals surface area (Å²) in [6.45, 7) is 4.04. The lowest BCUT2D eigenvalue weighted by molar-refractivity contribution is -0.142. The Kier molecular flexibility index (Phi) is 11.1. The number of aliphatic hydroxyl groups is 1. The van der Waals surface area contributed by atoms with Crippen molar-refractivity contribution in [3.05, 3.63) is 29.8 Å². The van der Waals surface area contributed by atoms with Gasteiger partial charge in [0.25, 0.3) is 5.91 Å². The van der Waals surface area contributed by atoms with E-state index in [-0.39, 0.29) is 12.7 Å². The quantitative estimate of drug-likeness (QED) is 0.391. The summed E-state index contributed by atoms with van der Waals surface area (Å²) in [7, 11) is 0. The number of ether oxygens (including phenoxy) is 1. The third-order valence-corrected chi connectivity index (χ3v) is 4.01. The molecule has 0 radical (unpaired) electrons. The topological polar surface area (TPSA) is 134 Å². The monoisotopic (exact) mass is 381 g/mol. The maximum atomic E-state index is 11.7. The molecule has 1 amide bonds. The van der Waals surface area contributed by atoms with Crippen LogP contribution in [0.2, 0.25) is 0 Å². The zero-order valence-corrected chi connectivity index (χ0v) is 15.8. The molecule has 2 unspecified atom stereocenters. The standard InChI is InChI=1S/C15H22N2O4.C4H9NO/c1-11-5-7-12(8-6-11)21-10-14(18)17-13(15(19)20)4-2-3-9-16;6-4-1-2-5-3-4/h5-8,13H,2-4,9-10,16H2,1H3,(H,17,18)(H,19,20);4-6H,1-3H2. The van der Waals surface area contributed by atoms with Crippen LogP contribution in [-0.4, -0.2) is 60.5 Å². The average molecular weight is 381 g/mol. The molecule has 0 aromatic heterocycles. The van der Waals surface area contributed by atoms with Gasteiger partial charge in [-0.2, -0.15) is 0 Å². The van der Waals surface area contributed by atoms with E-state index in [1.165, 1.54) is 0 Å². The summed E-state index contributed by atoms with van der Waals surface area (Å²) in [5.74, 6) is -0.919. The summed E-state index contributed by atoms with van der Waals surface area (Å²) in [5.41, 5.74) is 6.46. The smallest absolute Gasteiger partial charge is 0.326 e. The Morgan fingerprint density at radius 1 is 1.33 bits per heavy atom. The Hall–Kier alpha value is -2.16. The van der Waals surface area contributed by atoms with Crippen molar-refractivity contribution < 1.29 is 24.5 Å². The first-order valence-electron chi connectivity index (χ1n) is 9.23. The van der Waals surface area contributed by atoms with Crippen LogP contribution in [0.1, 0.15) is 31.2 Å². The number of carboxylic acid groups (broad SMARTS) is 1. The van der Waals surface area contributed by atoms with Gasteiger partial charge >= 0.3 is 5.97 Å². The third kappa shape index (κ3) is 10.5. The molecule has 1 fully saturated rings. The fourth-order valence-electron chi connectivity index (χ4n) is 2.41. The number of rotatable bonds is 9. The first-order valence-corrected chi connectivity index (χ1v) is 9.23. The average Bonchev–Trinajstić information content (AvgIpc) is 3.12. The van der Waals surface area contributed by atoms with Crippen molar-refractivity contribution in [1.29, 1.82) is 0 Å². The molecule has 8 nitrogen and oxygen atoms in total. The molecule has 1 aromatic rings. The van der Waals surface area contributed by atoms with E-state index < -0.39 is 17.9 Å². The van der Waals surface area contributed by atoms with Crippen LogP contribution in [0.25, 0.3) is 0 Å². The van der Waals surface area contributed by atoms with Gasteiger partial charge < -0.3 is 31.3 Å². The van der Waals surface area contributed by atoms with Crippen molar-refractivity contribution in [1.82, 2.24) is 10.6 Å². The van der Waals surface area contributed by atoms with Gasteiger partial charge in [0.05, 0.1) is 6.10 Å². The van der Waals surface area contributed by atoms with Gasteiger partial charge in [-0.1, -0.05) is 17.7 Å². The van der Waals surface area contributed by atoms with Gasteiger partial charge in [-0.3, -0.25) is 4.79 Å². The molecule has 152 valence electrons. The number of unbranched alkanes of at least 4 members (excludes halogenated alkanes) is 1. The van der Waals surface area contributed by atoms with Crippen molar-refractivity contribution in [3.8, 4) is 5.75 Å². The molecule has 0 saturated carbocycles. The molecule has 1 aromatic carbocycles. The van der Waals surface area contributed by atoms with Crippen molar-refractivity contribution in [2.75, 3.05) is 26.2 Å². The number of benzene rings is 1. The lowest BCUT2D eigenvalue weighted by Crippen LogP contribution is -2.43. The highest BCUT2D eigenvalue weighted by Gasteiger charge is 2.19. The van der Waals surface area contributed by atoms with Crippen LogP contribution in [0.3, 0.4) is 0 Å². The molecule has 1 aliphatic rings. The molecule has 2 atom stereocenters. The number of hydrogen-bond donors (Lipinski definition) is 5. The molecular weight excluding hydrogens is 350 g/mol. The summed E-state index contributed by atoms with van der Waals surface area (Å²) in [6.07, 6.45) is 2.62. The Labute approximate surface area is 160 Å². The number of hydrogen-bond acceptors (Lipinski definition) is 6. The summed E-state index contributed by atoms with van der Waals surface area (Å²) in [4.78, 5) is 22.8. The van der Waals surface area contributed by atoms with Crippen LogP contribution in [-0.2, 0) is 9.59 Å².